The fraction of sp³-hybridized carbons (Fsp3) is 0.600. The lowest BCUT2D eigenvalue weighted by Gasteiger charge is -2.16. The third-order valence-electron chi connectivity index (χ3n) is 2.17. The minimum atomic E-state index is 0.446. The molecular weight excluding hydrogens is 286 g/mol. The molecule has 0 bridgehead atoms. The number of ether oxygens (including phenoxy) is 1. The van der Waals surface area contributed by atoms with E-state index in [0.29, 0.717) is 16.4 Å². The zero-order chi connectivity index (χ0) is 12.7. The van der Waals surface area contributed by atoms with E-state index in [9.17, 15) is 0 Å². The molecule has 96 valence electrons. The average molecular weight is 304 g/mol. The van der Waals surface area contributed by atoms with Crippen LogP contribution in [-0.4, -0.2) is 55.3 Å². The summed E-state index contributed by atoms with van der Waals surface area (Å²) in [5.41, 5.74) is 5.61. The highest BCUT2D eigenvalue weighted by atomic mass is 79.9. The van der Waals surface area contributed by atoms with Crippen molar-refractivity contribution >= 4 is 27.7 Å². The van der Waals surface area contributed by atoms with Crippen molar-refractivity contribution in [1.29, 1.82) is 0 Å². The first-order chi connectivity index (χ1) is 8.11. The van der Waals surface area contributed by atoms with Gasteiger partial charge in [0.15, 0.2) is 0 Å². The Hall–Kier alpha value is -0.920. The van der Waals surface area contributed by atoms with E-state index in [4.69, 9.17) is 10.5 Å². The topological polar surface area (TPSA) is 76.3 Å². The Kier molecular flexibility index (Phi) is 6.17. The summed E-state index contributed by atoms with van der Waals surface area (Å²) >= 11 is 3.27. The van der Waals surface area contributed by atoms with Crippen molar-refractivity contribution < 1.29 is 4.74 Å². The zero-order valence-corrected chi connectivity index (χ0v) is 11.7. The third kappa shape index (κ3) is 5.81. The smallest absolute Gasteiger partial charge is 0.225 e. The molecule has 0 unspecified atom stereocenters. The molecule has 0 fully saturated rings. The summed E-state index contributed by atoms with van der Waals surface area (Å²) in [6, 6.07) is 1.66. The molecule has 6 nitrogen and oxygen atoms in total. The molecule has 1 rings (SSSR count). The van der Waals surface area contributed by atoms with Gasteiger partial charge in [0, 0.05) is 32.8 Å². The molecule has 1 aromatic heterocycles. The van der Waals surface area contributed by atoms with E-state index in [1.54, 1.807) is 13.2 Å². The van der Waals surface area contributed by atoms with Gasteiger partial charge in [0.1, 0.15) is 10.4 Å². The number of hydrogen-bond acceptors (Lipinski definition) is 6. The minimum Gasteiger partial charge on any atom is -0.383 e. The third-order valence-corrected chi connectivity index (χ3v) is 2.57. The number of nitrogens with two attached hydrogens (primary N) is 1. The number of likely N-dealkylation sites (N-methyl/N-ethyl adjacent to an activating group) is 1. The molecule has 1 heterocycles. The van der Waals surface area contributed by atoms with E-state index in [-0.39, 0.29) is 0 Å². The van der Waals surface area contributed by atoms with E-state index in [1.807, 2.05) is 7.05 Å². The first-order valence-electron chi connectivity index (χ1n) is 5.33. The Bertz CT molecular complexity index is 329. The standard InChI is InChI=1S/C10H18BrN5O/c1-16(5-6-17-2)4-3-13-10-14-8(11)7-9(12)15-10/h7H,3-6H2,1-2H3,(H3,12,13,14,15). The second kappa shape index (κ2) is 7.41. The van der Waals surface area contributed by atoms with Crippen molar-refractivity contribution in [3.8, 4) is 0 Å². The predicted octanol–water partition coefficient (Wildman–Crippen LogP) is 0.811. The molecule has 1 aromatic rings. The molecule has 0 aliphatic rings. The maximum Gasteiger partial charge on any atom is 0.225 e. The van der Waals surface area contributed by atoms with Crippen molar-refractivity contribution in [3.63, 3.8) is 0 Å². The fourth-order valence-corrected chi connectivity index (χ4v) is 1.63. The summed E-state index contributed by atoms with van der Waals surface area (Å²) < 4.78 is 5.68. The molecular formula is C10H18BrN5O. The maximum absolute atomic E-state index is 5.61. The van der Waals surface area contributed by atoms with Crippen LogP contribution in [0, 0.1) is 0 Å². The second-order valence-corrected chi connectivity index (χ2v) is 4.47. The number of aromatic nitrogens is 2. The van der Waals surface area contributed by atoms with E-state index in [2.05, 4.69) is 36.1 Å². The highest BCUT2D eigenvalue weighted by molar-refractivity contribution is 9.10. The molecule has 0 atom stereocenters. The van der Waals surface area contributed by atoms with Crippen LogP contribution in [0.2, 0.25) is 0 Å². The number of methoxy groups -OCH3 is 1. The van der Waals surface area contributed by atoms with Gasteiger partial charge in [0.05, 0.1) is 6.61 Å². The van der Waals surface area contributed by atoms with Crippen LogP contribution >= 0.6 is 15.9 Å². The summed E-state index contributed by atoms with van der Waals surface area (Å²) in [4.78, 5) is 10.4. The Balaban J connectivity index is 2.30. The summed E-state index contributed by atoms with van der Waals surface area (Å²) in [5.74, 6) is 0.985. The van der Waals surface area contributed by atoms with Gasteiger partial charge in [-0.3, -0.25) is 0 Å². The first-order valence-corrected chi connectivity index (χ1v) is 6.12. The largest absolute Gasteiger partial charge is 0.383 e. The van der Waals surface area contributed by atoms with E-state index >= 15 is 0 Å². The van der Waals surface area contributed by atoms with E-state index < -0.39 is 0 Å². The second-order valence-electron chi connectivity index (χ2n) is 3.66. The van der Waals surface area contributed by atoms with Crippen molar-refractivity contribution in [2.24, 2.45) is 0 Å². The molecule has 0 amide bonds. The molecule has 0 aliphatic heterocycles. The molecule has 0 spiro atoms. The fourth-order valence-electron chi connectivity index (χ4n) is 1.23. The first kappa shape index (κ1) is 14.1. The normalized spacial score (nSPS) is 10.8. The van der Waals surface area contributed by atoms with Gasteiger partial charge in [-0.05, 0) is 23.0 Å². The molecule has 0 aliphatic carbocycles. The Labute approximate surface area is 110 Å². The molecule has 0 saturated heterocycles. The van der Waals surface area contributed by atoms with E-state index in [0.717, 1.165) is 26.2 Å². The number of nitrogens with one attached hydrogen (secondary N) is 1. The predicted molar refractivity (Wildman–Crippen MR) is 72.0 cm³/mol. The lowest BCUT2D eigenvalue weighted by atomic mass is 10.5. The molecule has 7 heteroatoms. The Morgan fingerprint density at radius 2 is 2.24 bits per heavy atom. The van der Waals surface area contributed by atoms with Gasteiger partial charge in [0.25, 0.3) is 0 Å². The van der Waals surface area contributed by atoms with Gasteiger partial charge in [-0.1, -0.05) is 0 Å². The van der Waals surface area contributed by atoms with Crippen LogP contribution in [0.4, 0.5) is 11.8 Å². The van der Waals surface area contributed by atoms with Crippen molar-refractivity contribution in [2.75, 3.05) is 51.4 Å². The monoisotopic (exact) mass is 303 g/mol. The van der Waals surface area contributed by atoms with E-state index in [1.165, 1.54) is 0 Å². The summed E-state index contributed by atoms with van der Waals surface area (Å²) in [7, 11) is 3.74. The van der Waals surface area contributed by atoms with Gasteiger partial charge in [-0.25, -0.2) is 4.98 Å². The number of anilines is 2. The minimum absolute atomic E-state index is 0.446. The Morgan fingerprint density at radius 1 is 1.47 bits per heavy atom. The van der Waals surface area contributed by atoms with Crippen LogP contribution in [0.15, 0.2) is 10.7 Å². The lowest BCUT2D eigenvalue weighted by Crippen LogP contribution is -2.28. The summed E-state index contributed by atoms with van der Waals surface area (Å²) in [6.07, 6.45) is 0. The van der Waals surface area contributed by atoms with Gasteiger partial charge >= 0.3 is 0 Å². The number of nitrogen functional groups attached to an aromatic ring is 1. The van der Waals surface area contributed by atoms with Crippen molar-refractivity contribution in [2.45, 2.75) is 0 Å². The highest BCUT2D eigenvalue weighted by Crippen LogP contribution is 2.11. The molecule has 3 N–H and O–H groups in total. The quantitative estimate of drug-likeness (QED) is 0.726. The van der Waals surface area contributed by atoms with Crippen LogP contribution in [0.3, 0.4) is 0 Å². The average Bonchev–Trinajstić information content (AvgIpc) is 2.25. The van der Waals surface area contributed by atoms with Crippen LogP contribution in [0.5, 0.6) is 0 Å². The van der Waals surface area contributed by atoms with Gasteiger partial charge in [-0.15, -0.1) is 0 Å². The molecule has 0 radical (unpaired) electrons. The number of nitrogens with zero attached hydrogens (tertiary/aromatic N) is 3. The number of hydrogen-bond donors (Lipinski definition) is 2. The lowest BCUT2D eigenvalue weighted by molar-refractivity contribution is 0.163. The number of halogens is 1. The summed E-state index contributed by atoms with van der Waals surface area (Å²) in [6.45, 7) is 3.28. The van der Waals surface area contributed by atoms with Gasteiger partial charge < -0.3 is 20.7 Å². The maximum atomic E-state index is 5.61. The molecule has 0 saturated carbocycles. The SMILES string of the molecule is COCCN(C)CCNc1nc(N)cc(Br)n1. The van der Waals surface area contributed by atoms with Gasteiger partial charge in [-0.2, -0.15) is 4.98 Å². The van der Waals surface area contributed by atoms with Crippen LogP contribution in [0.25, 0.3) is 0 Å². The van der Waals surface area contributed by atoms with Crippen molar-refractivity contribution in [1.82, 2.24) is 14.9 Å². The molecule has 17 heavy (non-hydrogen) atoms. The van der Waals surface area contributed by atoms with Gasteiger partial charge in [0.2, 0.25) is 5.95 Å². The van der Waals surface area contributed by atoms with Crippen molar-refractivity contribution in [3.05, 3.63) is 10.7 Å². The van der Waals surface area contributed by atoms with Crippen LogP contribution in [-0.2, 0) is 4.74 Å². The zero-order valence-electron chi connectivity index (χ0n) is 10.1. The van der Waals surface area contributed by atoms with Crippen LogP contribution in [0.1, 0.15) is 0 Å². The highest BCUT2D eigenvalue weighted by Gasteiger charge is 2.01. The Morgan fingerprint density at radius 3 is 2.88 bits per heavy atom. The summed E-state index contributed by atoms with van der Waals surface area (Å²) in [5, 5.41) is 3.12. The van der Waals surface area contributed by atoms with Crippen LogP contribution < -0.4 is 11.1 Å². The molecule has 0 aromatic carbocycles. The number of rotatable bonds is 7.